The van der Waals surface area contributed by atoms with Gasteiger partial charge in [-0.1, -0.05) is 6.42 Å². The summed E-state index contributed by atoms with van der Waals surface area (Å²) in [4.78, 5) is 21.5. The maximum atomic E-state index is 12.5. The smallest absolute Gasteiger partial charge is 0.223 e. The molecule has 0 N–H and O–H groups in total. The summed E-state index contributed by atoms with van der Waals surface area (Å²) >= 11 is 1.67. The molecule has 1 amide bonds. The quantitative estimate of drug-likeness (QED) is 0.839. The van der Waals surface area contributed by atoms with Crippen LogP contribution < -0.4 is 0 Å². The van der Waals surface area contributed by atoms with E-state index in [1.165, 1.54) is 32.4 Å². The number of hydrogen-bond acceptors (Lipinski definition) is 4. The average Bonchev–Trinajstić information content (AvgIpc) is 3.19. The van der Waals surface area contributed by atoms with Crippen LogP contribution in [0.2, 0.25) is 0 Å². The van der Waals surface area contributed by atoms with Crippen LogP contribution >= 0.6 is 11.3 Å². The Kier molecular flexibility index (Phi) is 5.25. The third-order valence-electron chi connectivity index (χ3n) is 4.62. The van der Waals surface area contributed by atoms with Crippen molar-refractivity contribution in [1.29, 1.82) is 0 Å². The molecule has 0 aromatic carbocycles. The molecule has 1 aromatic heterocycles. The number of likely N-dealkylation sites (tertiary alicyclic amines) is 2. The molecule has 3 heterocycles. The molecule has 2 aliphatic rings. The number of thiazole rings is 1. The monoisotopic (exact) mass is 307 g/mol. The summed E-state index contributed by atoms with van der Waals surface area (Å²) in [6.07, 6.45) is 9.75. The van der Waals surface area contributed by atoms with Gasteiger partial charge in [0, 0.05) is 24.5 Å². The van der Waals surface area contributed by atoms with Gasteiger partial charge in [-0.25, -0.2) is 4.98 Å². The normalized spacial score (nSPS) is 23.6. The highest BCUT2D eigenvalue weighted by atomic mass is 32.1. The van der Waals surface area contributed by atoms with Gasteiger partial charge in [-0.3, -0.25) is 4.79 Å². The Morgan fingerprint density at radius 2 is 2.10 bits per heavy atom. The van der Waals surface area contributed by atoms with E-state index in [2.05, 4.69) is 14.8 Å². The van der Waals surface area contributed by atoms with Crippen LogP contribution in [0.4, 0.5) is 0 Å². The van der Waals surface area contributed by atoms with Crippen LogP contribution in [0.5, 0.6) is 0 Å². The number of piperidine rings is 1. The summed E-state index contributed by atoms with van der Waals surface area (Å²) < 4.78 is 0. The van der Waals surface area contributed by atoms with Crippen LogP contribution in [0.25, 0.3) is 0 Å². The van der Waals surface area contributed by atoms with Crippen LogP contribution in [0, 0.1) is 0 Å². The molecular weight excluding hydrogens is 282 g/mol. The lowest BCUT2D eigenvalue weighted by Gasteiger charge is -2.27. The van der Waals surface area contributed by atoms with Gasteiger partial charge in [0.05, 0.1) is 6.04 Å². The van der Waals surface area contributed by atoms with Crippen molar-refractivity contribution in [1.82, 2.24) is 14.8 Å². The highest BCUT2D eigenvalue weighted by Crippen LogP contribution is 2.33. The second-order valence-electron chi connectivity index (χ2n) is 6.12. The molecule has 1 aromatic rings. The van der Waals surface area contributed by atoms with Crippen LogP contribution in [-0.2, 0) is 4.79 Å². The van der Waals surface area contributed by atoms with Gasteiger partial charge in [-0.2, -0.15) is 0 Å². The third kappa shape index (κ3) is 3.83. The van der Waals surface area contributed by atoms with E-state index in [0.29, 0.717) is 12.3 Å². The average molecular weight is 307 g/mol. The van der Waals surface area contributed by atoms with Crippen LogP contribution in [0.15, 0.2) is 11.6 Å². The maximum absolute atomic E-state index is 12.5. The van der Waals surface area contributed by atoms with Crippen molar-refractivity contribution in [3.05, 3.63) is 16.6 Å². The highest BCUT2D eigenvalue weighted by Gasteiger charge is 2.31. The van der Waals surface area contributed by atoms with Crippen molar-refractivity contribution in [2.45, 2.75) is 51.0 Å². The molecule has 1 atom stereocenters. The maximum Gasteiger partial charge on any atom is 0.223 e. The molecule has 0 unspecified atom stereocenters. The Morgan fingerprint density at radius 1 is 1.24 bits per heavy atom. The van der Waals surface area contributed by atoms with Gasteiger partial charge in [-0.05, 0) is 51.7 Å². The minimum atomic E-state index is 0.243. The molecule has 116 valence electrons. The van der Waals surface area contributed by atoms with Crippen molar-refractivity contribution >= 4 is 17.2 Å². The molecule has 5 heteroatoms. The number of carbonyl (C=O) groups excluding carboxylic acids is 1. The molecule has 0 bridgehead atoms. The lowest BCUT2D eigenvalue weighted by molar-refractivity contribution is -0.132. The SMILES string of the molecule is O=C(CCCN1CCCCC1)N1CCC[C@H]1c1nccs1. The molecule has 3 rings (SSSR count). The minimum Gasteiger partial charge on any atom is -0.333 e. The molecule has 21 heavy (non-hydrogen) atoms. The van der Waals surface area contributed by atoms with Crippen molar-refractivity contribution in [2.75, 3.05) is 26.2 Å². The van der Waals surface area contributed by atoms with Crippen LogP contribution in [-0.4, -0.2) is 46.9 Å². The second kappa shape index (κ2) is 7.36. The molecular formula is C16H25N3OS. The fourth-order valence-corrected chi connectivity index (χ4v) is 4.29. The number of nitrogens with zero attached hydrogens (tertiary/aromatic N) is 3. The number of aromatic nitrogens is 1. The Bertz CT molecular complexity index is 442. The van der Waals surface area contributed by atoms with Gasteiger partial charge in [0.25, 0.3) is 0 Å². The Labute approximate surface area is 131 Å². The molecule has 2 saturated heterocycles. The van der Waals surface area contributed by atoms with E-state index in [4.69, 9.17) is 0 Å². The van der Waals surface area contributed by atoms with Gasteiger partial charge < -0.3 is 9.80 Å². The fraction of sp³-hybridized carbons (Fsp3) is 0.750. The molecule has 0 radical (unpaired) electrons. The summed E-state index contributed by atoms with van der Waals surface area (Å²) in [5.41, 5.74) is 0. The van der Waals surface area contributed by atoms with Gasteiger partial charge in [0.2, 0.25) is 5.91 Å². The first-order valence-corrected chi connectivity index (χ1v) is 9.14. The summed E-state index contributed by atoms with van der Waals surface area (Å²) in [7, 11) is 0. The number of rotatable bonds is 5. The lowest BCUT2D eigenvalue weighted by Crippen LogP contribution is -2.33. The van der Waals surface area contributed by atoms with Gasteiger partial charge in [0.1, 0.15) is 5.01 Å². The Hall–Kier alpha value is -0.940. The van der Waals surface area contributed by atoms with E-state index in [-0.39, 0.29) is 6.04 Å². The van der Waals surface area contributed by atoms with Gasteiger partial charge in [-0.15, -0.1) is 11.3 Å². The zero-order valence-electron chi connectivity index (χ0n) is 12.7. The van der Waals surface area contributed by atoms with E-state index in [1.807, 2.05) is 11.6 Å². The highest BCUT2D eigenvalue weighted by molar-refractivity contribution is 7.09. The number of hydrogen-bond donors (Lipinski definition) is 0. The molecule has 2 fully saturated rings. The zero-order chi connectivity index (χ0) is 14.5. The van der Waals surface area contributed by atoms with Crippen LogP contribution in [0.3, 0.4) is 0 Å². The Balaban J connectivity index is 1.46. The topological polar surface area (TPSA) is 36.4 Å². The van der Waals surface area contributed by atoms with Crippen molar-refractivity contribution in [3.8, 4) is 0 Å². The molecule has 0 spiro atoms. The first-order valence-electron chi connectivity index (χ1n) is 8.26. The summed E-state index contributed by atoms with van der Waals surface area (Å²) in [6, 6.07) is 0.243. The first kappa shape index (κ1) is 15.0. The van der Waals surface area contributed by atoms with E-state index in [9.17, 15) is 4.79 Å². The predicted octanol–water partition coefficient (Wildman–Crippen LogP) is 3.07. The molecule has 0 aliphatic carbocycles. The first-order chi connectivity index (χ1) is 10.3. The zero-order valence-corrected chi connectivity index (χ0v) is 13.5. The van der Waals surface area contributed by atoms with Gasteiger partial charge >= 0.3 is 0 Å². The second-order valence-corrected chi connectivity index (χ2v) is 7.05. The van der Waals surface area contributed by atoms with Crippen molar-refractivity contribution in [3.63, 3.8) is 0 Å². The van der Waals surface area contributed by atoms with E-state index >= 15 is 0 Å². The van der Waals surface area contributed by atoms with Crippen molar-refractivity contribution < 1.29 is 4.79 Å². The number of amides is 1. The minimum absolute atomic E-state index is 0.243. The lowest BCUT2D eigenvalue weighted by atomic mass is 10.1. The third-order valence-corrected chi connectivity index (χ3v) is 5.50. The van der Waals surface area contributed by atoms with Crippen LogP contribution in [0.1, 0.15) is 56.0 Å². The van der Waals surface area contributed by atoms with Crippen molar-refractivity contribution in [2.24, 2.45) is 0 Å². The molecule has 4 nitrogen and oxygen atoms in total. The predicted molar refractivity (Wildman–Crippen MR) is 85.3 cm³/mol. The van der Waals surface area contributed by atoms with E-state index in [0.717, 1.165) is 37.4 Å². The van der Waals surface area contributed by atoms with E-state index in [1.54, 1.807) is 11.3 Å². The largest absolute Gasteiger partial charge is 0.333 e. The standard InChI is InChI=1S/C16H25N3OS/c20-15(7-5-11-18-9-2-1-3-10-18)19-12-4-6-14(19)16-17-8-13-21-16/h8,13-14H,1-7,9-12H2/t14-/m0/s1. The summed E-state index contributed by atoms with van der Waals surface area (Å²) in [5, 5.41) is 3.11. The summed E-state index contributed by atoms with van der Waals surface area (Å²) in [6.45, 7) is 4.44. The molecule has 2 aliphatic heterocycles. The Morgan fingerprint density at radius 3 is 2.86 bits per heavy atom. The summed E-state index contributed by atoms with van der Waals surface area (Å²) in [5.74, 6) is 0.324. The number of carbonyl (C=O) groups is 1. The van der Waals surface area contributed by atoms with Gasteiger partial charge in [0.15, 0.2) is 0 Å². The molecule has 0 saturated carbocycles. The fourth-order valence-electron chi connectivity index (χ4n) is 3.50. The van der Waals surface area contributed by atoms with E-state index < -0.39 is 0 Å².